The van der Waals surface area contributed by atoms with Gasteiger partial charge in [0, 0.05) is 0 Å². The van der Waals surface area contributed by atoms with Crippen LogP contribution in [0, 0.1) is 23.1 Å². The molecule has 1 saturated carbocycles. The molecule has 9 heteroatoms. The fourth-order valence-corrected chi connectivity index (χ4v) is 2.89. The van der Waals surface area contributed by atoms with E-state index in [2.05, 4.69) is 26.5 Å². The maximum absolute atomic E-state index is 14.0. The van der Waals surface area contributed by atoms with E-state index in [1.807, 2.05) is 0 Å². The van der Waals surface area contributed by atoms with E-state index >= 15 is 0 Å². The van der Waals surface area contributed by atoms with Crippen LogP contribution in [0.5, 0.6) is 5.88 Å². The number of hydrogen-bond donors (Lipinski definition) is 2. The number of nitrogens with one attached hydrogen (secondary N) is 1. The maximum Gasteiger partial charge on any atom is 0.255 e. The highest BCUT2D eigenvalue weighted by atomic mass is 19.1. The smallest absolute Gasteiger partial charge is 0.255 e. The van der Waals surface area contributed by atoms with E-state index in [1.54, 1.807) is 26.2 Å². The number of hydrogen-bond acceptors (Lipinski definition) is 7. The molecule has 27 heavy (non-hydrogen) atoms. The first-order valence-electron chi connectivity index (χ1n) is 8.94. The van der Waals surface area contributed by atoms with Gasteiger partial charge in [-0.05, 0) is 45.4 Å². The number of ether oxygens (including phenoxy) is 1. The zero-order valence-electron chi connectivity index (χ0n) is 15.4. The molecule has 0 saturated heterocycles. The molecular weight excluding hydrogens is 351 g/mol. The number of anilines is 2. The second kappa shape index (κ2) is 7.88. The van der Waals surface area contributed by atoms with Gasteiger partial charge in [0.25, 0.3) is 5.88 Å². The predicted molar refractivity (Wildman–Crippen MR) is 95.9 cm³/mol. The van der Waals surface area contributed by atoms with Crippen LogP contribution >= 0.6 is 0 Å². The summed E-state index contributed by atoms with van der Waals surface area (Å²) in [7, 11) is 0. The van der Waals surface area contributed by atoms with Crippen molar-refractivity contribution in [1.82, 2.24) is 19.7 Å². The highest BCUT2D eigenvalue weighted by Gasteiger charge is 2.22. The number of aliphatic hydroxyl groups is 1. The number of nitriles is 1. The summed E-state index contributed by atoms with van der Waals surface area (Å²) in [5.74, 6) is -0.272. The quantitative estimate of drug-likeness (QED) is 0.800. The summed E-state index contributed by atoms with van der Waals surface area (Å²) < 4.78 is 21.0. The average molecular weight is 374 g/mol. The van der Waals surface area contributed by atoms with Crippen LogP contribution < -0.4 is 10.1 Å². The van der Waals surface area contributed by atoms with Gasteiger partial charge in [-0.25, -0.2) is 4.98 Å². The van der Waals surface area contributed by atoms with Crippen molar-refractivity contribution in [3.05, 3.63) is 24.4 Å². The van der Waals surface area contributed by atoms with E-state index in [-0.39, 0.29) is 23.9 Å². The van der Waals surface area contributed by atoms with Gasteiger partial charge < -0.3 is 15.2 Å². The van der Waals surface area contributed by atoms with Gasteiger partial charge in [0.1, 0.15) is 5.54 Å². The second-order valence-corrected chi connectivity index (χ2v) is 7.30. The SMILES string of the molecule is CC(C)(C#N)n1cc(Nc2ncc(F)c(OC[C@H]3CC[C@H](O)CC3)n2)cn1. The van der Waals surface area contributed by atoms with Crippen LogP contribution in [-0.4, -0.2) is 37.6 Å². The molecule has 1 aliphatic rings. The van der Waals surface area contributed by atoms with Crippen LogP contribution in [0.4, 0.5) is 16.0 Å². The van der Waals surface area contributed by atoms with Gasteiger partial charge in [-0.3, -0.25) is 4.68 Å². The molecular formula is C18H23FN6O2. The van der Waals surface area contributed by atoms with E-state index in [9.17, 15) is 9.50 Å². The normalized spacial score (nSPS) is 20.1. The molecule has 2 aromatic rings. The van der Waals surface area contributed by atoms with Crippen molar-refractivity contribution in [2.75, 3.05) is 11.9 Å². The minimum absolute atomic E-state index is 0.108. The third-order valence-corrected chi connectivity index (χ3v) is 4.67. The van der Waals surface area contributed by atoms with E-state index in [0.29, 0.717) is 12.3 Å². The fraction of sp³-hybridized carbons (Fsp3) is 0.556. The molecule has 0 aromatic carbocycles. The van der Waals surface area contributed by atoms with E-state index in [1.165, 1.54) is 4.68 Å². The highest BCUT2D eigenvalue weighted by Crippen LogP contribution is 2.26. The average Bonchev–Trinajstić information content (AvgIpc) is 3.13. The molecule has 8 nitrogen and oxygen atoms in total. The third kappa shape index (κ3) is 4.71. The molecule has 0 aliphatic heterocycles. The van der Waals surface area contributed by atoms with Gasteiger partial charge in [-0.2, -0.15) is 19.7 Å². The number of nitrogens with zero attached hydrogens (tertiary/aromatic N) is 5. The zero-order chi connectivity index (χ0) is 19.4. The fourth-order valence-electron chi connectivity index (χ4n) is 2.89. The summed E-state index contributed by atoms with van der Waals surface area (Å²) in [4.78, 5) is 8.01. The molecule has 0 spiro atoms. The first-order chi connectivity index (χ1) is 12.9. The summed E-state index contributed by atoms with van der Waals surface area (Å²) in [6.45, 7) is 3.84. The Labute approximate surface area is 157 Å². The van der Waals surface area contributed by atoms with Crippen LogP contribution in [0.1, 0.15) is 39.5 Å². The van der Waals surface area contributed by atoms with Crippen molar-refractivity contribution in [2.45, 2.75) is 51.2 Å². The molecule has 0 atom stereocenters. The summed E-state index contributed by atoms with van der Waals surface area (Å²) >= 11 is 0. The molecule has 2 heterocycles. The molecule has 1 fully saturated rings. The van der Waals surface area contributed by atoms with Crippen molar-refractivity contribution < 1.29 is 14.2 Å². The van der Waals surface area contributed by atoms with Gasteiger partial charge in [-0.1, -0.05) is 0 Å². The van der Waals surface area contributed by atoms with Crippen LogP contribution in [0.25, 0.3) is 0 Å². The lowest BCUT2D eigenvalue weighted by atomic mass is 9.88. The lowest BCUT2D eigenvalue weighted by Crippen LogP contribution is -2.24. The molecule has 1 aliphatic carbocycles. The number of halogens is 1. The molecule has 0 radical (unpaired) electrons. The van der Waals surface area contributed by atoms with Gasteiger partial charge in [0.2, 0.25) is 11.8 Å². The lowest BCUT2D eigenvalue weighted by molar-refractivity contribution is 0.0899. The largest absolute Gasteiger partial charge is 0.475 e. The Hall–Kier alpha value is -2.73. The first kappa shape index (κ1) is 19.0. The minimum Gasteiger partial charge on any atom is -0.475 e. The van der Waals surface area contributed by atoms with Crippen LogP contribution in [0.15, 0.2) is 18.6 Å². The Balaban J connectivity index is 1.64. The second-order valence-electron chi connectivity index (χ2n) is 7.30. The Kier molecular flexibility index (Phi) is 5.56. The third-order valence-electron chi connectivity index (χ3n) is 4.67. The van der Waals surface area contributed by atoms with Crippen molar-refractivity contribution in [1.29, 1.82) is 5.26 Å². The van der Waals surface area contributed by atoms with Crippen molar-refractivity contribution >= 4 is 11.6 Å². The van der Waals surface area contributed by atoms with Gasteiger partial charge in [0.15, 0.2) is 0 Å². The van der Waals surface area contributed by atoms with Crippen molar-refractivity contribution in [3.63, 3.8) is 0 Å². The summed E-state index contributed by atoms with van der Waals surface area (Å²) in [6, 6.07) is 2.16. The molecule has 0 amide bonds. The van der Waals surface area contributed by atoms with Crippen LogP contribution in [-0.2, 0) is 5.54 Å². The molecule has 2 aromatic heterocycles. The maximum atomic E-state index is 14.0. The Morgan fingerprint density at radius 2 is 2.11 bits per heavy atom. The Morgan fingerprint density at radius 1 is 1.37 bits per heavy atom. The number of aliphatic hydroxyl groups excluding tert-OH is 1. The predicted octanol–water partition coefficient (Wildman–Crippen LogP) is 2.74. The van der Waals surface area contributed by atoms with E-state index in [4.69, 9.17) is 10.00 Å². The monoisotopic (exact) mass is 374 g/mol. The molecule has 0 unspecified atom stereocenters. The lowest BCUT2D eigenvalue weighted by Gasteiger charge is -2.25. The highest BCUT2D eigenvalue weighted by molar-refractivity contribution is 5.50. The van der Waals surface area contributed by atoms with E-state index in [0.717, 1.165) is 31.9 Å². The summed E-state index contributed by atoms with van der Waals surface area (Å²) in [5, 5.41) is 25.8. The van der Waals surface area contributed by atoms with Gasteiger partial charge in [-0.15, -0.1) is 0 Å². The standard InChI is InChI=1S/C18H23FN6O2/c1-18(2,11-20)25-9-13(7-22-25)23-17-21-8-15(19)16(24-17)27-10-12-3-5-14(26)6-4-12/h7-9,12,14,26H,3-6,10H2,1-2H3,(H,21,23,24)/t12-,14-. The molecule has 2 N–H and O–H groups in total. The van der Waals surface area contributed by atoms with Crippen molar-refractivity contribution in [2.24, 2.45) is 5.92 Å². The van der Waals surface area contributed by atoms with Gasteiger partial charge >= 0.3 is 0 Å². The molecule has 144 valence electrons. The number of aromatic nitrogens is 4. The first-order valence-corrected chi connectivity index (χ1v) is 8.94. The summed E-state index contributed by atoms with van der Waals surface area (Å²) in [5.41, 5.74) is -0.206. The van der Waals surface area contributed by atoms with Crippen LogP contribution in [0.3, 0.4) is 0 Å². The number of rotatable bonds is 6. The van der Waals surface area contributed by atoms with Gasteiger partial charge in [0.05, 0.1) is 43.1 Å². The topological polar surface area (TPSA) is 109 Å². The Morgan fingerprint density at radius 3 is 2.81 bits per heavy atom. The van der Waals surface area contributed by atoms with Crippen LogP contribution in [0.2, 0.25) is 0 Å². The Bertz CT molecular complexity index is 823. The zero-order valence-corrected chi connectivity index (χ0v) is 15.4. The molecule has 0 bridgehead atoms. The molecule has 3 rings (SSSR count). The summed E-state index contributed by atoms with van der Waals surface area (Å²) in [6.07, 6.45) is 7.22. The van der Waals surface area contributed by atoms with E-state index < -0.39 is 11.4 Å². The minimum atomic E-state index is -0.786. The van der Waals surface area contributed by atoms with Crippen molar-refractivity contribution in [3.8, 4) is 11.9 Å².